The van der Waals surface area contributed by atoms with Crippen molar-refractivity contribution in [3.8, 4) is 5.75 Å². The Morgan fingerprint density at radius 1 is 1.26 bits per heavy atom. The molecule has 23 heavy (non-hydrogen) atoms. The second-order valence-corrected chi connectivity index (χ2v) is 6.26. The van der Waals surface area contributed by atoms with Crippen LogP contribution in [-0.4, -0.2) is 29.8 Å². The molecule has 1 aliphatic rings. The molecule has 0 unspecified atom stereocenters. The van der Waals surface area contributed by atoms with Crippen LogP contribution in [0.1, 0.15) is 17.5 Å². The van der Waals surface area contributed by atoms with Gasteiger partial charge in [-0.15, -0.1) is 0 Å². The smallest absolute Gasteiger partial charge is 0.280 e. The summed E-state index contributed by atoms with van der Waals surface area (Å²) >= 11 is 3.44. The summed E-state index contributed by atoms with van der Waals surface area (Å²) < 4.78 is 6.45. The Kier molecular flexibility index (Phi) is 4.76. The van der Waals surface area contributed by atoms with E-state index in [1.807, 2.05) is 55.5 Å². The Labute approximate surface area is 143 Å². The van der Waals surface area contributed by atoms with Crippen molar-refractivity contribution < 1.29 is 9.53 Å². The van der Waals surface area contributed by atoms with E-state index in [9.17, 15) is 4.79 Å². The number of hydrazone groups is 1. The molecule has 1 aliphatic heterocycles. The molecule has 1 heterocycles. The van der Waals surface area contributed by atoms with Crippen LogP contribution >= 0.6 is 15.9 Å². The van der Waals surface area contributed by atoms with Crippen LogP contribution in [0.2, 0.25) is 0 Å². The van der Waals surface area contributed by atoms with E-state index >= 15 is 0 Å². The molecule has 0 N–H and O–H groups in total. The molecule has 0 aliphatic carbocycles. The number of hydrogen-bond donors (Lipinski definition) is 0. The summed E-state index contributed by atoms with van der Waals surface area (Å²) in [6, 6.07) is 15.7. The highest BCUT2D eigenvalue weighted by Gasteiger charge is 2.22. The highest BCUT2D eigenvalue weighted by molar-refractivity contribution is 9.10. The van der Waals surface area contributed by atoms with Crippen LogP contribution in [0, 0.1) is 6.92 Å². The van der Waals surface area contributed by atoms with Crippen molar-refractivity contribution in [2.24, 2.45) is 5.10 Å². The van der Waals surface area contributed by atoms with Crippen molar-refractivity contribution in [1.29, 1.82) is 0 Å². The molecule has 118 valence electrons. The van der Waals surface area contributed by atoms with Gasteiger partial charge in [0.1, 0.15) is 5.75 Å². The second kappa shape index (κ2) is 6.96. The van der Waals surface area contributed by atoms with Crippen LogP contribution in [0.3, 0.4) is 0 Å². The molecular weight excluding hydrogens is 356 g/mol. The zero-order valence-corrected chi connectivity index (χ0v) is 14.4. The van der Waals surface area contributed by atoms with Crippen molar-refractivity contribution in [2.45, 2.75) is 13.3 Å². The maximum Gasteiger partial charge on any atom is 0.280 e. The normalized spacial score (nSPS) is 13.8. The largest absolute Gasteiger partial charge is 0.483 e. The Morgan fingerprint density at radius 3 is 2.78 bits per heavy atom. The van der Waals surface area contributed by atoms with E-state index in [1.165, 1.54) is 5.01 Å². The molecule has 2 aromatic rings. The number of carbonyl (C=O) groups is 1. The van der Waals surface area contributed by atoms with Crippen molar-refractivity contribution in [3.63, 3.8) is 0 Å². The van der Waals surface area contributed by atoms with Gasteiger partial charge >= 0.3 is 0 Å². The number of ether oxygens (including phenoxy) is 1. The lowest BCUT2D eigenvalue weighted by molar-refractivity contribution is -0.132. The van der Waals surface area contributed by atoms with Crippen molar-refractivity contribution in [2.75, 3.05) is 13.2 Å². The second-order valence-electron chi connectivity index (χ2n) is 5.40. The van der Waals surface area contributed by atoms with E-state index in [0.29, 0.717) is 12.3 Å². The minimum Gasteiger partial charge on any atom is -0.483 e. The first-order chi connectivity index (χ1) is 11.1. The fraction of sp³-hybridized carbons (Fsp3) is 0.222. The van der Waals surface area contributed by atoms with E-state index in [4.69, 9.17) is 4.74 Å². The first-order valence-electron chi connectivity index (χ1n) is 7.46. The van der Waals surface area contributed by atoms with E-state index < -0.39 is 0 Å². The van der Waals surface area contributed by atoms with Gasteiger partial charge in [0.15, 0.2) is 6.61 Å². The zero-order chi connectivity index (χ0) is 16.2. The lowest BCUT2D eigenvalue weighted by Crippen LogP contribution is -2.28. The van der Waals surface area contributed by atoms with Gasteiger partial charge in [0, 0.05) is 6.42 Å². The van der Waals surface area contributed by atoms with Crippen LogP contribution in [0.4, 0.5) is 0 Å². The number of nitrogens with zero attached hydrogens (tertiary/aromatic N) is 2. The van der Waals surface area contributed by atoms with Crippen LogP contribution in [0.25, 0.3) is 0 Å². The topological polar surface area (TPSA) is 41.9 Å². The average Bonchev–Trinajstić information content (AvgIpc) is 3.05. The summed E-state index contributed by atoms with van der Waals surface area (Å²) in [5, 5.41) is 5.91. The molecule has 0 aromatic heterocycles. The molecule has 0 fully saturated rings. The van der Waals surface area contributed by atoms with Crippen molar-refractivity contribution in [3.05, 3.63) is 64.1 Å². The number of amides is 1. The van der Waals surface area contributed by atoms with Crippen molar-refractivity contribution >= 4 is 27.5 Å². The molecule has 0 saturated carbocycles. The van der Waals surface area contributed by atoms with Gasteiger partial charge in [0.2, 0.25) is 0 Å². The van der Waals surface area contributed by atoms with E-state index in [-0.39, 0.29) is 12.5 Å². The summed E-state index contributed by atoms with van der Waals surface area (Å²) in [7, 11) is 0. The number of rotatable bonds is 4. The number of halogens is 1. The molecule has 3 rings (SSSR count). The highest BCUT2D eigenvalue weighted by Crippen LogP contribution is 2.25. The number of aryl methyl sites for hydroxylation is 1. The molecular formula is C18H17BrN2O2. The quantitative estimate of drug-likeness (QED) is 0.819. The molecule has 4 nitrogen and oxygen atoms in total. The van der Waals surface area contributed by atoms with Gasteiger partial charge in [0.25, 0.3) is 5.91 Å². The van der Waals surface area contributed by atoms with Gasteiger partial charge in [-0.3, -0.25) is 4.79 Å². The molecule has 0 saturated heterocycles. The van der Waals surface area contributed by atoms with Gasteiger partial charge in [-0.2, -0.15) is 5.10 Å². The van der Waals surface area contributed by atoms with E-state index in [0.717, 1.165) is 27.7 Å². The molecule has 0 bridgehead atoms. The monoisotopic (exact) mass is 372 g/mol. The molecule has 5 heteroatoms. The first kappa shape index (κ1) is 15.7. The molecule has 0 spiro atoms. The van der Waals surface area contributed by atoms with E-state index in [1.54, 1.807) is 0 Å². The van der Waals surface area contributed by atoms with Gasteiger partial charge < -0.3 is 4.74 Å². The minimum atomic E-state index is -0.136. The predicted octanol–water partition coefficient (Wildman–Crippen LogP) is 3.77. The number of hydrogen-bond acceptors (Lipinski definition) is 3. The SMILES string of the molecule is Cc1ccc(OCC(=O)N2CCC(c3ccccc3)=N2)c(Br)c1. The Bertz CT molecular complexity index is 744. The predicted molar refractivity (Wildman–Crippen MR) is 93.7 cm³/mol. The summed E-state index contributed by atoms with van der Waals surface area (Å²) in [4.78, 5) is 12.3. The van der Waals surface area contributed by atoms with Crippen LogP contribution in [-0.2, 0) is 4.79 Å². The summed E-state index contributed by atoms with van der Waals surface area (Å²) in [5.74, 6) is 0.527. The highest BCUT2D eigenvalue weighted by atomic mass is 79.9. The lowest BCUT2D eigenvalue weighted by atomic mass is 10.1. The molecule has 1 amide bonds. The Balaban J connectivity index is 1.62. The molecule has 2 aromatic carbocycles. The van der Waals surface area contributed by atoms with Gasteiger partial charge in [-0.25, -0.2) is 5.01 Å². The Morgan fingerprint density at radius 2 is 2.04 bits per heavy atom. The van der Waals surface area contributed by atoms with Crippen LogP contribution < -0.4 is 4.74 Å². The van der Waals surface area contributed by atoms with Crippen LogP contribution in [0.5, 0.6) is 5.75 Å². The third-order valence-electron chi connectivity index (χ3n) is 3.64. The summed E-state index contributed by atoms with van der Waals surface area (Å²) in [5.41, 5.74) is 3.13. The van der Waals surface area contributed by atoms with Gasteiger partial charge in [0.05, 0.1) is 16.7 Å². The molecule has 0 atom stereocenters. The Hall–Kier alpha value is -2.14. The maximum absolute atomic E-state index is 12.3. The maximum atomic E-state index is 12.3. The zero-order valence-electron chi connectivity index (χ0n) is 12.8. The third kappa shape index (κ3) is 3.79. The molecule has 0 radical (unpaired) electrons. The fourth-order valence-corrected chi connectivity index (χ4v) is 3.02. The van der Waals surface area contributed by atoms with Crippen molar-refractivity contribution in [1.82, 2.24) is 5.01 Å². The minimum absolute atomic E-state index is 0.0206. The number of carbonyl (C=O) groups excluding carboxylic acids is 1. The fourth-order valence-electron chi connectivity index (χ4n) is 2.41. The van der Waals surface area contributed by atoms with Crippen LogP contribution in [0.15, 0.2) is 58.1 Å². The standard InChI is InChI=1S/C18H17BrN2O2/c1-13-7-8-17(15(19)11-13)23-12-18(22)21-10-9-16(20-21)14-5-3-2-4-6-14/h2-8,11H,9-10,12H2,1H3. The van der Waals surface area contributed by atoms with Gasteiger partial charge in [-0.1, -0.05) is 36.4 Å². The average molecular weight is 373 g/mol. The third-order valence-corrected chi connectivity index (χ3v) is 4.25. The van der Waals surface area contributed by atoms with Gasteiger partial charge in [-0.05, 0) is 46.1 Å². The van der Waals surface area contributed by atoms with E-state index in [2.05, 4.69) is 21.0 Å². The number of benzene rings is 2. The summed E-state index contributed by atoms with van der Waals surface area (Å²) in [6.07, 6.45) is 0.768. The lowest BCUT2D eigenvalue weighted by Gasteiger charge is -2.13. The summed E-state index contributed by atoms with van der Waals surface area (Å²) in [6.45, 7) is 2.58. The first-order valence-corrected chi connectivity index (χ1v) is 8.25.